The third-order valence-electron chi connectivity index (χ3n) is 6.69. The lowest BCUT2D eigenvalue weighted by molar-refractivity contribution is -0.137. The Balaban J connectivity index is 1.85. The molecule has 2 aromatic rings. The molecule has 0 saturated heterocycles. The monoisotopic (exact) mass is 441 g/mol. The zero-order valence-electron chi connectivity index (χ0n) is 18.4. The minimum Gasteiger partial charge on any atom is -0.493 e. The summed E-state index contributed by atoms with van der Waals surface area (Å²) in [5.41, 5.74) is 1.68. The number of aromatic nitrogens is 1. The maximum Gasteiger partial charge on any atom is 0.341 e. The standard InChI is InChI=1S/C24H27NO7/c1-24(2)7-6-13-14-9-20(32-8-4-5-21(27)28)19(31-3)10-15(14)17-11-18(26)16(23(29)30)12-25(17)22(13)24/h9-13,22H,4-8H2,1-3H3,(H,27,28)(H,29,30)/t13-,22+/m1/s1. The van der Waals surface area contributed by atoms with Gasteiger partial charge in [-0.05, 0) is 42.4 Å². The molecule has 2 aliphatic rings. The molecule has 1 saturated carbocycles. The van der Waals surface area contributed by atoms with Gasteiger partial charge in [-0.1, -0.05) is 13.8 Å². The molecule has 8 heteroatoms. The molecule has 1 aliphatic carbocycles. The number of carboxylic acids is 2. The quantitative estimate of drug-likeness (QED) is 0.626. The first-order valence-corrected chi connectivity index (χ1v) is 10.7. The summed E-state index contributed by atoms with van der Waals surface area (Å²) in [6.45, 7) is 4.58. The molecule has 4 rings (SSSR count). The van der Waals surface area contributed by atoms with E-state index in [0.29, 0.717) is 23.6 Å². The van der Waals surface area contributed by atoms with Gasteiger partial charge < -0.3 is 24.3 Å². The van der Waals surface area contributed by atoms with Crippen molar-refractivity contribution < 1.29 is 29.3 Å². The lowest BCUT2D eigenvalue weighted by Gasteiger charge is -2.40. The van der Waals surface area contributed by atoms with Crippen molar-refractivity contribution in [2.75, 3.05) is 13.7 Å². The molecule has 170 valence electrons. The molecule has 1 aliphatic heterocycles. The number of ether oxygens (including phenoxy) is 2. The third-order valence-corrected chi connectivity index (χ3v) is 6.69. The number of rotatable bonds is 7. The predicted molar refractivity (Wildman–Crippen MR) is 117 cm³/mol. The van der Waals surface area contributed by atoms with Crippen LogP contribution in [0.15, 0.2) is 29.2 Å². The number of methoxy groups -OCH3 is 1. The van der Waals surface area contributed by atoms with Gasteiger partial charge in [-0.15, -0.1) is 0 Å². The molecule has 0 bridgehead atoms. The van der Waals surface area contributed by atoms with Crippen LogP contribution in [0.5, 0.6) is 11.5 Å². The third kappa shape index (κ3) is 3.63. The Bertz CT molecular complexity index is 1150. The van der Waals surface area contributed by atoms with Crippen molar-refractivity contribution in [2.45, 2.75) is 51.5 Å². The van der Waals surface area contributed by atoms with E-state index in [0.717, 1.165) is 24.0 Å². The molecule has 2 N–H and O–H groups in total. The van der Waals surface area contributed by atoms with Crippen molar-refractivity contribution in [1.82, 2.24) is 4.57 Å². The van der Waals surface area contributed by atoms with Crippen molar-refractivity contribution in [2.24, 2.45) is 5.41 Å². The average molecular weight is 441 g/mol. The van der Waals surface area contributed by atoms with Gasteiger partial charge in [0.15, 0.2) is 16.9 Å². The fourth-order valence-electron chi connectivity index (χ4n) is 5.21. The van der Waals surface area contributed by atoms with Crippen LogP contribution < -0.4 is 14.9 Å². The van der Waals surface area contributed by atoms with E-state index in [-0.39, 0.29) is 36.0 Å². The Morgan fingerprint density at radius 3 is 2.59 bits per heavy atom. The minimum absolute atomic E-state index is 0.00282. The van der Waals surface area contributed by atoms with Gasteiger partial charge in [-0.2, -0.15) is 0 Å². The summed E-state index contributed by atoms with van der Waals surface area (Å²) in [5, 5.41) is 18.3. The molecule has 1 aromatic heterocycles. The molecular formula is C24H27NO7. The Morgan fingerprint density at radius 1 is 1.19 bits per heavy atom. The first kappa shape index (κ1) is 21.9. The summed E-state index contributed by atoms with van der Waals surface area (Å²) in [7, 11) is 1.52. The maximum absolute atomic E-state index is 12.5. The fraction of sp³-hybridized carbons (Fsp3) is 0.458. The number of aliphatic carboxylic acids is 1. The van der Waals surface area contributed by atoms with Crippen LogP contribution in [0, 0.1) is 5.41 Å². The Labute approximate surface area is 185 Å². The molecule has 8 nitrogen and oxygen atoms in total. The highest BCUT2D eigenvalue weighted by Crippen LogP contribution is 2.59. The number of aromatic carboxylic acids is 1. The van der Waals surface area contributed by atoms with E-state index < -0.39 is 17.4 Å². The van der Waals surface area contributed by atoms with Crippen LogP contribution in [0.2, 0.25) is 0 Å². The second kappa shape index (κ2) is 8.00. The van der Waals surface area contributed by atoms with Crippen LogP contribution in [0.25, 0.3) is 11.3 Å². The van der Waals surface area contributed by atoms with Gasteiger partial charge in [-0.3, -0.25) is 9.59 Å². The van der Waals surface area contributed by atoms with Crippen LogP contribution in [0.4, 0.5) is 0 Å². The van der Waals surface area contributed by atoms with E-state index in [1.54, 1.807) is 0 Å². The number of hydrogen-bond acceptors (Lipinski definition) is 5. The smallest absolute Gasteiger partial charge is 0.341 e. The first-order chi connectivity index (χ1) is 15.1. The number of hydrogen-bond donors (Lipinski definition) is 2. The summed E-state index contributed by atoms with van der Waals surface area (Å²) in [4.78, 5) is 35.0. The SMILES string of the molecule is COc1cc2c(cc1OCCCC(=O)O)[C@H]1CCC(C)(C)[C@H]1n1cc(C(=O)O)c(=O)cc1-2. The summed E-state index contributed by atoms with van der Waals surface area (Å²) >= 11 is 0. The molecule has 1 fully saturated rings. The highest BCUT2D eigenvalue weighted by atomic mass is 16.5. The molecule has 0 spiro atoms. The number of nitrogens with zero attached hydrogens (tertiary/aromatic N) is 1. The van der Waals surface area contributed by atoms with Gasteiger partial charge in [0.2, 0.25) is 0 Å². The fourth-order valence-corrected chi connectivity index (χ4v) is 5.21. The van der Waals surface area contributed by atoms with Crippen LogP contribution in [0.1, 0.15) is 67.4 Å². The van der Waals surface area contributed by atoms with Crippen LogP contribution in [-0.4, -0.2) is 40.4 Å². The van der Waals surface area contributed by atoms with Gasteiger partial charge in [-0.25, -0.2) is 4.79 Å². The number of benzene rings is 1. The Morgan fingerprint density at radius 2 is 1.94 bits per heavy atom. The van der Waals surface area contributed by atoms with Crippen LogP contribution in [0.3, 0.4) is 0 Å². The van der Waals surface area contributed by atoms with Crippen molar-refractivity contribution in [3.05, 3.63) is 45.7 Å². The van der Waals surface area contributed by atoms with E-state index >= 15 is 0 Å². The second-order valence-electron chi connectivity index (χ2n) is 9.16. The number of fused-ring (bicyclic) bond motifs is 6. The predicted octanol–water partition coefficient (Wildman–Crippen LogP) is 3.92. The number of carboxylic acid groups (broad SMARTS) is 2. The van der Waals surface area contributed by atoms with Gasteiger partial charge in [0.05, 0.1) is 19.4 Å². The van der Waals surface area contributed by atoms with Gasteiger partial charge >= 0.3 is 11.9 Å². The van der Waals surface area contributed by atoms with E-state index in [9.17, 15) is 19.5 Å². The maximum atomic E-state index is 12.5. The summed E-state index contributed by atoms with van der Waals surface area (Å²) in [5.74, 6) is -0.950. The van der Waals surface area contributed by atoms with Gasteiger partial charge in [0.25, 0.3) is 0 Å². The average Bonchev–Trinajstić information content (AvgIpc) is 3.05. The van der Waals surface area contributed by atoms with E-state index in [1.165, 1.54) is 19.4 Å². The van der Waals surface area contributed by atoms with Gasteiger partial charge in [0.1, 0.15) is 5.56 Å². The molecule has 32 heavy (non-hydrogen) atoms. The van der Waals surface area contributed by atoms with Gasteiger partial charge in [0, 0.05) is 36.2 Å². The first-order valence-electron chi connectivity index (χ1n) is 10.7. The number of pyridine rings is 1. The molecule has 1 aromatic carbocycles. The molecule has 0 unspecified atom stereocenters. The topological polar surface area (TPSA) is 115 Å². The zero-order valence-corrected chi connectivity index (χ0v) is 18.4. The van der Waals surface area contributed by atoms with Crippen molar-refractivity contribution in [1.29, 1.82) is 0 Å². The van der Waals surface area contributed by atoms with Crippen LogP contribution >= 0.6 is 0 Å². The highest BCUT2D eigenvalue weighted by molar-refractivity contribution is 5.88. The van der Waals surface area contributed by atoms with E-state index in [2.05, 4.69) is 13.8 Å². The van der Waals surface area contributed by atoms with Crippen LogP contribution in [-0.2, 0) is 4.79 Å². The largest absolute Gasteiger partial charge is 0.493 e. The van der Waals surface area contributed by atoms with Crippen molar-refractivity contribution in [3.63, 3.8) is 0 Å². The van der Waals surface area contributed by atoms with E-state index in [1.807, 2.05) is 16.7 Å². The lowest BCUT2D eigenvalue weighted by Crippen LogP contribution is -2.32. The van der Waals surface area contributed by atoms with Crippen molar-refractivity contribution >= 4 is 11.9 Å². The summed E-state index contributed by atoms with van der Waals surface area (Å²) in [6, 6.07) is 5.17. The molecular weight excluding hydrogens is 414 g/mol. The molecule has 2 heterocycles. The summed E-state index contributed by atoms with van der Waals surface area (Å²) in [6.07, 6.45) is 3.76. The Hall–Kier alpha value is -3.29. The Kier molecular flexibility index (Phi) is 5.48. The summed E-state index contributed by atoms with van der Waals surface area (Å²) < 4.78 is 13.4. The molecule has 0 amide bonds. The van der Waals surface area contributed by atoms with Crippen molar-refractivity contribution in [3.8, 4) is 22.8 Å². The minimum atomic E-state index is -1.23. The molecule has 2 atom stereocenters. The normalized spacial score (nSPS) is 20.1. The zero-order chi connectivity index (χ0) is 23.2. The lowest BCUT2D eigenvalue weighted by atomic mass is 9.77. The molecule has 0 radical (unpaired) electrons. The second-order valence-corrected chi connectivity index (χ2v) is 9.16. The number of carbonyl (C=O) groups is 2. The highest BCUT2D eigenvalue weighted by Gasteiger charge is 2.47. The van der Waals surface area contributed by atoms with E-state index in [4.69, 9.17) is 14.6 Å².